The van der Waals surface area contributed by atoms with Gasteiger partial charge in [0.05, 0.1) is 7.11 Å². The minimum absolute atomic E-state index is 0.0238. The van der Waals surface area contributed by atoms with Crippen LogP contribution in [0.3, 0.4) is 0 Å². The average Bonchev–Trinajstić information content (AvgIpc) is 2.57. The van der Waals surface area contributed by atoms with Gasteiger partial charge in [-0.15, -0.1) is 0 Å². The number of aryl methyl sites for hydroxylation is 1. The van der Waals surface area contributed by atoms with Gasteiger partial charge in [0.1, 0.15) is 23.2 Å². The number of halogens is 2. The lowest BCUT2D eigenvalue weighted by atomic mass is 10.0. The van der Waals surface area contributed by atoms with Crippen molar-refractivity contribution in [1.82, 2.24) is 14.9 Å². The zero-order chi connectivity index (χ0) is 17.9. The van der Waals surface area contributed by atoms with Crippen molar-refractivity contribution >= 4 is 11.9 Å². The van der Waals surface area contributed by atoms with Crippen molar-refractivity contribution < 1.29 is 23.1 Å². The smallest absolute Gasteiger partial charge is 0.333 e. The minimum Gasteiger partial charge on any atom is -0.467 e. The van der Waals surface area contributed by atoms with Crippen LogP contribution in [0.25, 0.3) is 0 Å². The van der Waals surface area contributed by atoms with E-state index in [2.05, 4.69) is 14.7 Å². The zero-order valence-corrected chi connectivity index (χ0v) is 13.3. The first kappa shape index (κ1) is 17.5. The molecule has 0 radical (unpaired) electrons. The molecule has 1 amide bonds. The van der Waals surface area contributed by atoms with Crippen molar-refractivity contribution in [3.05, 3.63) is 59.2 Å². The predicted octanol–water partition coefficient (Wildman–Crippen LogP) is 2.05. The molecule has 24 heavy (non-hydrogen) atoms. The Labute approximate surface area is 137 Å². The maximum Gasteiger partial charge on any atom is 0.333 e. The van der Waals surface area contributed by atoms with Crippen molar-refractivity contribution in [3.8, 4) is 0 Å². The summed E-state index contributed by atoms with van der Waals surface area (Å²) in [4.78, 5) is 33.4. The quantitative estimate of drug-likeness (QED) is 0.800. The predicted molar refractivity (Wildman–Crippen MR) is 80.0 cm³/mol. The Bertz CT molecular complexity index is 783. The van der Waals surface area contributed by atoms with Crippen molar-refractivity contribution in [1.29, 1.82) is 0 Å². The molecule has 0 aliphatic rings. The van der Waals surface area contributed by atoms with E-state index in [0.29, 0.717) is 5.82 Å². The van der Waals surface area contributed by atoms with Crippen LogP contribution in [0.1, 0.15) is 27.9 Å². The van der Waals surface area contributed by atoms with Crippen molar-refractivity contribution in [2.45, 2.75) is 13.0 Å². The van der Waals surface area contributed by atoms with Gasteiger partial charge in [-0.2, -0.15) is 0 Å². The first-order valence-electron chi connectivity index (χ1n) is 6.94. The zero-order valence-electron chi connectivity index (χ0n) is 13.3. The number of methoxy groups -OCH3 is 1. The average molecular weight is 335 g/mol. The molecule has 1 aromatic heterocycles. The minimum atomic E-state index is -1.45. The summed E-state index contributed by atoms with van der Waals surface area (Å²) in [6.45, 7) is 1.60. The molecule has 1 heterocycles. The second-order valence-corrected chi connectivity index (χ2v) is 5.00. The van der Waals surface area contributed by atoms with Crippen LogP contribution >= 0.6 is 0 Å². The third kappa shape index (κ3) is 3.53. The van der Waals surface area contributed by atoms with E-state index < -0.39 is 29.6 Å². The highest BCUT2D eigenvalue weighted by Gasteiger charge is 2.33. The summed E-state index contributed by atoms with van der Waals surface area (Å²) in [5, 5.41) is 0. The monoisotopic (exact) mass is 335 g/mol. The molecule has 0 aliphatic heterocycles. The van der Waals surface area contributed by atoms with Gasteiger partial charge in [0.25, 0.3) is 5.91 Å². The molecule has 126 valence electrons. The van der Waals surface area contributed by atoms with Gasteiger partial charge in [-0.3, -0.25) is 4.79 Å². The molecule has 0 unspecified atom stereocenters. The van der Waals surface area contributed by atoms with Crippen LogP contribution in [0.4, 0.5) is 8.78 Å². The molecule has 1 atom stereocenters. The molecule has 8 heteroatoms. The Morgan fingerprint density at radius 1 is 1.25 bits per heavy atom. The number of esters is 1. The number of hydrogen-bond acceptors (Lipinski definition) is 5. The van der Waals surface area contributed by atoms with Crippen LogP contribution in [0.5, 0.6) is 0 Å². The molecule has 2 rings (SSSR count). The van der Waals surface area contributed by atoms with Gasteiger partial charge in [0.2, 0.25) is 0 Å². The van der Waals surface area contributed by atoms with Crippen LogP contribution in [0, 0.1) is 18.6 Å². The van der Waals surface area contributed by atoms with Crippen molar-refractivity contribution in [2.75, 3.05) is 14.2 Å². The molecule has 2 aromatic rings. The van der Waals surface area contributed by atoms with Gasteiger partial charge >= 0.3 is 5.97 Å². The number of ether oxygens (including phenoxy) is 1. The number of hydrogen-bond donors (Lipinski definition) is 0. The molecular weight excluding hydrogens is 320 g/mol. The number of nitrogens with zero attached hydrogens (tertiary/aromatic N) is 3. The van der Waals surface area contributed by atoms with E-state index in [9.17, 15) is 18.4 Å². The Kier molecular flexibility index (Phi) is 5.18. The number of benzene rings is 1. The topological polar surface area (TPSA) is 72.4 Å². The molecule has 0 saturated carbocycles. The molecule has 0 spiro atoms. The number of aromatic nitrogens is 2. The lowest BCUT2D eigenvalue weighted by Crippen LogP contribution is -2.37. The van der Waals surface area contributed by atoms with E-state index >= 15 is 0 Å². The number of amides is 1. The van der Waals surface area contributed by atoms with Gasteiger partial charge in [-0.1, -0.05) is 0 Å². The number of rotatable bonds is 4. The highest BCUT2D eigenvalue weighted by molar-refractivity contribution is 5.95. The van der Waals surface area contributed by atoms with E-state index in [-0.39, 0.29) is 11.3 Å². The van der Waals surface area contributed by atoms with Gasteiger partial charge < -0.3 is 9.64 Å². The number of carbonyl (C=O) groups is 2. The lowest BCUT2D eigenvalue weighted by Gasteiger charge is -2.26. The van der Waals surface area contributed by atoms with Crippen molar-refractivity contribution in [2.24, 2.45) is 0 Å². The highest BCUT2D eigenvalue weighted by atomic mass is 19.1. The number of carbonyl (C=O) groups excluding carboxylic acids is 2. The third-order valence-corrected chi connectivity index (χ3v) is 3.38. The normalized spacial score (nSPS) is 11.7. The Morgan fingerprint density at radius 3 is 2.58 bits per heavy atom. The fraction of sp³-hybridized carbons (Fsp3) is 0.250. The van der Waals surface area contributed by atoms with Crippen LogP contribution in [0.15, 0.2) is 30.5 Å². The Morgan fingerprint density at radius 2 is 1.96 bits per heavy atom. The van der Waals surface area contributed by atoms with Gasteiger partial charge in [0.15, 0.2) is 6.04 Å². The first-order chi connectivity index (χ1) is 11.3. The van der Waals surface area contributed by atoms with Gasteiger partial charge in [-0.05, 0) is 31.2 Å². The summed E-state index contributed by atoms with van der Waals surface area (Å²) in [7, 11) is 2.38. The van der Waals surface area contributed by atoms with Crippen LogP contribution in [-0.2, 0) is 9.53 Å². The summed E-state index contributed by atoms with van der Waals surface area (Å²) in [5.74, 6) is -2.76. The van der Waals surface area contributed by atoms with E-state index in [1.54, 1.807) is 6.92 Å². The summed E-state index contributed by atoms with van der Waals surface area (Å²) >= 11 is 0. The fourth-order valence-electron chi connectivity index (χ4n) is 2.20. The summed E-state index contributed by atoms with van der Waals surface area (Å²) < 4.78 is 32.2. The molecule has 1 aromatic carbocycles. The molecule has 0 N–H and O–H groups in total. The second kappa shape index (κ2) is 7.12. The van der Waals surface area contributed by atoms with Crippen LogP contribution < -0.4 is 0 Å². The largest absolute Gasteiger partial charge is 0.467 e. The van der Waals surface area contributed by atoms with E-state index in [1.165, 1.54) is 19.3 Å². The van der Waals surface area contributed by atoms with Gasteiger partial charge in [-0.25, -0.2) is 23.5 Å². The number of likely N-dealkylation sites (N-methyl/N-ethyl adjacent to an activating group) is 1. The first-order valence-corrected chi connectivity index (χ1v) is 6.94. The van der Waals surface area contributed by atoms with E-state index in [4.69, 9.17) is 0 Å². The fourth-order valence-corrected chi connectivity index (χ4v) is 2.20. The van der Waals surface area contributed by atoms with Gasteiger partial charge in [0, 0.05) is 18.8 Å². The summed E-state index contributed by atoms with van der Waals surface area (Å²) in [5.41, 5.74) is -0.279. The molecule has 0 aliphatic carbocycles. The third-order valence-electron chi connectivity index (χ3n) is 3.38. The van der Waals surface area contributed by atoms with E-state index in [0.717, 1.165) is 30.2 Å². The Hall–Kier alpha value is -2.90. The van der Waals surface area contributed by atoms with Crippen LogP contribution in [-0.4, -0.2) is 40.9 Å². The summed E-state index contributed by atoms with van der Waals surface area (Å²) in [6, 6.07) is 2.57. The maximum absolute atomic E-state index is 14.1. The van der Waals surface area contributed by atoms with Crippen molar-refractivity contribution in [3.63, 3.8) is 0 Å². The highest BCUT2D eigenvalue weighted by Crippen LogP contribution is 2.26. The maximum atomic E-state index is 14.1. The SMILES string of the molecule is COC(=O)[C@@H](c1cc(F)ccc1F)N(C)C(=O)c1ccnc(C)n1. The second-order valence-electron chi connectivity index (χ2n) is 5.00. The molecule has 0 bridgehead atoms. The summed E-state index contributed by atoms with van der Waals surface area (Å²) in [6.07, 6.45) is 1.39. The standard InChI is InChI=1S/C16H15F2N3O3/c1-9-19-7-6-13(20-9)15(22)21(2)14(16(23)24-3)11-8-10(17)4-5-12(11)18/h4-8,14H,1-3H3/t14-/m1/s1. The molecule has 0 saturated heterocycles. The Balaban J connectivity index is 2.46. The lowest BCUT2D eigenvalue weighted by molar-refractivity contribution is -0.146. The molecule has 6 nitrogen and oxygen atoms in total. The van der Waals surface area contributed by atoms with Crippen LogP contribution in [0.2, 0.25) is 0 Å². The molecule has 0 fully saturated rings. The van der Waals surface area contributed by atoms with E-state index in [1.807, 2.05) is 0 Å². The molecular formula is C16H15F2N3O3.